The molecule has 0 aliphatic heterocycles. The van der Waals surface area contributed by atoms with Crippen LogP contribution in [0, 0.1) is 13.8 Å². The molecule has 0 bridgehead atoms. The zero-order valence-electron chi connectivity index (χ0n) is 14.9. The molecule has 0 aliphatic rings. The third kappa shape index (κ3) is 3.57. The van der Waals surface area contributed by atoms with Crippen molar-refractivity contribution >= 4 is 0 Å². The van der Waals surface area contributed by atoms with E-state index in [1.807, 2.05) is 17.8 Å². The summed E-state index contributed by atoms with van der Waals surface area (Å²) in [5.41, 5.74) is 7.10. The molecule has 0 fully saturated rings. The molecule has 0 radical (unpaired) electrons. The smallest absolute Gasteiger partial charge is 0.0968 e. The molecule has 0 aliphatic carbocycles. The Morgan fingerprint density at radius 2 is 1.92 bits per heavy atom. The van der Waals surface area contributed by atoms with Crippen LogP contribution in [0.25, 0.3) is 11.3 Å². The zero-order valence-corrected chi connectivity index (χ0v) is 14.9. The molecule has 1 N–H and O–H groups in total. The van der Waals surface area contributed by atoms with E-state index in [-0.39, 0.29) is 0 Å². The molecule has 2 aromatic heterocycles. The average Bonchev–Trinajstić information content (AvgIpc) is 3.09. The summed E-state index contributed by atoms with van der Waals surface area (Å²) in [6.45, 7) is 6.02. The molecule has 5 heteroatoms. The van der Waals surface area contributed by atoms with Crippen LogP contribution in [0.2, 0.25) is 0 Å². The number of nitrogens with one attached hydrogen (secondary N) is 1. The summed E-state index contributed by atoms with van der Waals surface area (Å²) in [6, 6.07) is 10.4. The number of rotatable bonds is 6. The largest absolute Gasteiger partial charge is 0.302 e. The first-order valence-electron chi connectivity index (χ1n) is 8.31. The number of aryl methyl sites for hydroxylation is 3. The van der Waals surface area contributed by atoms with Crippen molar-refractivity contribution in [1.29, 1.82) is 0 Å². The molecular formula is C19H25N5. The van der Waals surface area contributed by atoms with Crippen LogP contribution in [-0.2, 0) is 20.0 Å². The van der Waals surface area contributed by atoms with Crippen LogP contribution >= 0.6 is 0 Å². The van der Waals surface area contributed by atoms with Crippen LogP contribution in [0.3, 0.4) is 0 Å². The van der Waals surface area contributed by atoms with Crippen LogP contribution in [-0.4, -0.2) is 38.5 Å². The summed E-state index contributed by atoms with van der Waals surface area (Å²) in [5.74, 6) is 0. The van der Waals surface area contributed by atoms with E-state index in [9.17, 15) is 0 Å². The summed E-state index contributed by atoms with van der Waals surface area (Å²) >= 11 is 0. The van der Waals surface area contributed by atoms with Crippen LogP contribution in [0.1, 0.15) is 22.5 Å². The number of aromatic amines is 1. The van der Waals surface area contributed by atoms with Crippen molar-refractivity contribution in [3.05, 3.63) is 59.0 Å². The number of nitrogens with zero attached hydrogens (tertiary/aromatic N) is 4. The predicted octanol–water partition coefficient (Wildman–Crippen LogP) is 3.10. The van der Waals surface area contributed by atoms with Crippen LogP contribution in [0.4, 0.5) is 0 Å². The maximum atomic E-state index is 4.65. The highest BCUT2D eigenvalue weighted by Crippen LogP contribution is 2.22. The van der Waals surface area contributed by atoms with Gasteiger partial charge in [-0.05, 0) is 32.9 Å². The van der Waals surface area contributed by atoms with Gasteiger partial charge in [-0.25, -0.2) is 0 Å². The van der Waals surface area contributed by atoms with E-state index in [2.05, 4.69) is 71.6 Å². The number of H-pyrrole nitrogens is 1. The minimum Gasteiger partial charge on any atom is -0.302 e. The van der Waals surface area contributed by atoms with Crippen LogP contribution in [0.15, 0.2) is 36.5 Å². The van der Waals surface area contributed by atoms with Crippen molar-refractivity contribution in [3.63, 3.8) is 0 Å². The molecule has 1 aromatic carbocycles. The van der Waals surface area contributed by atoms with E-state index in [4.69, 9.17) is 0 Å². The van der Waals surface area contributed by atoms with Crippen LogP contribution in [0.5, 0.6) is 0 Å². The van der Waals surface area contributed by atoms with Gasteiger partial charge in [0.05, 0.1) is 11.4 Å². The fraction of sp³-hybridized carbons (Fsp3) is 0.368. The quantitative estimate of drug-likeness (QED) is 0.758. The third-order valence-corrected chi connectivity index (χ3v) is 4.42. The Morgan fingerprint density at radius 3 is 2.58 bits per heavy atom. The number of likely N-dealkylation sites (N-methyl/N-ethyl adjacent to an activating group) is 1. The molecular weight excluding hydrogens is 298 g/mol. The van der Waals surface area contributed by atoms with Crippen molar-refractivity contribution in [2.24, 2.45) is 7.05 Å². The Balaban J connectivity index is 1.70. The van der Waals surface area contributed by atoms with Crippen molar-refractivity contribution in [2.45, 2.75) is 26.8 Å². The Hall–Kier alpha value is -2.40. The molecule has 0 amide bonds. The predicted molar refractivity (Wildman–Crippen MR) is 96.7 cm³/mol. The molecule has 3 aromatic rings. The van der Waals surface area contributed by atoms with Gasteiger partial charge in [-0.3, -0.25) is 9.78 Å². The monoisotopic (exact) mass is 323 g/mol. The van der Waals surface area contributed by atoms with Gasteiger partial charge in [0.15, 0.2) is 0 Å². The molecule has 3 rings (SSSR count). The second kappa shape index (κ2) is 7.01. The second-order valence-corrected chi connectivity index (χ2v) is 6.44. The Bertz CT molecular complexity index is 781. The van der Waals surface area contributed by atoms with Gasteiger partial charge in [0.1, 0.15) is 0 Å². The molecule has 2 heterocycles. The highest BCUT2D eigenvalue weighted by Gasteiger charge is 2.13. The number of aromatic nitrogens is 4. The zero-order chi connectivity index (χ0) is 17.1. The Labute approximate surface area is 143 Å². The van der Waals surface area contributed by atoms with Gasteiger partial charge in [-0.15, -0.1) is 0 Å². The van der Waals surface area contributed by atoms with Gasteiger partial charge < -0.3 is 4.90 Å². The first-order chi connectivity index (χ1) is 11.5. The fourth-order valence-corrected chi connectivity index (χ4v) is 3.11. The standard InChI is InChI=1S/C19H25N5/c1-14-18(15(2)21-20-14)10-11-23(3)12-17-13-24(4)22-19(17)16-8-6-5-7-9-16/h5-9,13H,10-12H2,1-4H3,(H,20,21). The second-order valence-electron chi connectivity index (χ2n) is 6.44. The fourth-order valence-electron chi connectivity index (χ4n) is 3.11. The maximum Gasteiger partial charge on any atom is 0.0968 e. The van der Waals surface area contributed by atoms with Gasteiger partial charge in [-0.1, -0.05) is 30.3 Å². The normalized spacial score (nSPS) is 11.4. The van der Waals surface area contributed by atoms with E-state index in [0.29, 0.717) is 0 Å². The van der Waals surface area contributed by atoms with Crippen molar-refractivity contribution in [1.82, 2.24) is 24.9 Å². The molecule has 0 saturated carbocycles. The Kier molecular flexibility index (Phi) is 4.81. The van der Waals surface area contributed by atoms with Crippen molar-refractivity contribution < 1.29 is 0 Å². The van der Waals surface area contributed by atoms with Crippen molar-refractivity contribution in [2.75, 3.05) is 13.6 Å². The highest BCUT2D eigenvalue weighted by molar-refractivity contribution is 5.62. The van der Waals surface area contributed by atoms with Crippen molar-refractivity contribution in [3.8, 4) is 11.3 Å². The highest BCUT2D eigenvalue weighted by atomic mass is 15.3. The molecule has 0 atom stereocenters. The summed E-state index contributed by atoms with van der Waals surface area (Å²) in [4.78, 5) is 2.34. The lowest BCUT2D eigenvalue weighted by atomic mass is 10.1. The average molecular weight is 323 g/mol. The summed E-state index contributed by atoms with van der Waals surface area (Å²) in [6.07, 6.45) is 3.12. The number of hydrogen-bond donors (Lipinski definition) is 1. The number of benzene rings is 1. The minimum absolute atomic E-state index is 0.883. The first-order valence-corrected chi connectivity index (χ1v) is 8.31. The lowest BCUT2D eigenvalue weighted by Gasteiger charge is -2.16. The molecule has 126 valence electrons. The molecule has 0 spiro atoms. The molecule has 0 saturated heterocycles. The van der Waals surface area contributed by atoms with Gasteiger partial charge in [0.2, 0.25) is 0 Å². The molecule has 5 nitrogen and oxygen atoms in total. The van der Waals surface area contributed by atoms with E-state index in [1.165, 1.54) is 22.4 Å². The van der Waals surface area contributed by atoms with Gasteiger partial charge >= 0.3 is 0 Å². The van der Waals surface area contributed by atoms with E-state index >= 15 is 0 Å². The van der Waals surface area contributed by atoms with E-state index in [0.717, 1.165) is 30.9 Å². The van der Waals surface area contributed by atoms with Crippen LogP contribution < -0.4 is 0 Å². The minimum atomic E-state index is 0.883. The maximum absolute atomic E-state index is 4.65. The van der Waals surface area contributed by atoms with Gasteiger partial charge in [0, 0.05) is 43.2 Å². The van der Waals surface area contributed by atoms with Gasteiger partial charge in [0.25, 0.3) is 0 Å². The summed E-state index contributed by atoms with van der Waals surface area (Å²) < 4.78 is 1.90. The summed E-state index contributed by atoms with van der Waals surface area (Å²) in [5, 5.41) is 12.0. The topological polar surface area (TPSA) is 49.7 Å². The Morgan fingerprint density at radius 1 is 1.17 bits per heavy atom. The molecule has 24 heavy (non-hydrogen) atoms. The SMILES string of the molecule is Cc1n[nH]c(C)c1CCN(C)Cc1cn(C)nc1-c1ccccc1. The lowest BCUT2D eigenvalue weighted by Crippen LogP contribution is -2.21. The first kappa shape index (κ1) is 16.5. The summed E-state index contributed by atoms with van der Waals surface area (Å²) in [7, 11) is 4.14. The van der Waals surface area contributed by atoms with Gasteiger partial charge in [-0.2, -0.15) is 10.2 Å². The van der Waals surface area contributed by atoms with E-state index < -0.39 is 0 Å². The van der Waals surface area contributed by atoms with E-state index in [1.54, 1.807) is 0 Å². The number of hydrogen-bond acceptors (Lipinski definition) is 3. The third-order valence-electron chi connectivity index (χ3n) is 4.42. The molecule has 0 unspecified atom stereocenters. The lowest BCUT2D eigenvalue weighted by molar-refractivity contribution is 0.331.